The summed E-state index contributed by atoms with van der Waals surface area (Å²) >= 11 is 1.96. The van der Waals surface area contributed by atoms with Crippen molar-refractivity contribution in [3.8, 4) is 0 Å². The third kappa shape index (κ3) is 3.40. The zero-order valence-corrected chi connectivity index (χ0v) is 12.1. The molecule has 0 aromatic heterocycles. The van der Waals surface area contributed by atoms with Crippen molar-refractivity contribution in [3.05, 3.63) is 0 Å². The van der Waals surface area contributed by atoms with Crippen LogP contribution in [-0.4, -0.2) is 22.5 Å². The molecule has 0 amide bonds. The molecule has 17 heavy (non-hydrogen) atoms. The maximum Gasteiger partial charge on any atom is 0.157 e. The van der Waals surface area contributed by atoms with Gasteiger partial charge in [0.15, 0.2) is 5.17 Å². The second-order valence-electron chi connectivity index (χ2n) is 5.54. The molecule has 1 atom stereocenters. The number of rotatable bonds is 4. The molecule has 1 aliphatic carbocycles. The number of nitrogens with zero attached hydrogens (tertiary/aromatic N) is 1. The molecular formula is C14H26N2S. The summed E-state index contributed by atoms with van der Waals surface area (Å²) in [6.07, 6.45) is 10.6. The van der Waals surface area contributed by atoms with Crippen molar-refractivity contribution in [2.24, 2.45) is 4.99 Å². The Hall–Kier alpha value is -0.180. The summed E-state index contributed by atoms with van der Waals surface area (Å²) in [7, 11) is 0. The van der Waals surface area contributed by atoms with Crippen LogP contribution in [0.1, 0.15) is 65.2 Å². The van der Waals surface area contributed by atoms with Crippen molar-refractivity contribution in [2.45, 2.75) is 76.8 Å². The van der Waals surface area contributed by atoms with Crippen LogP contribution in [0.5, 0.6) is 0 Å². The van der Waals surface area contributed by atoms with Gasteiger partial charge in [-0.15, -0.1) is 0 Å². The van der Waals surface area contributed by atoms with Crippen molar-refractivity contribution in [2.75, 3.05) is 5.75 Å². The van der Waals surface area contributed by atoms with Gasteiger partial charge in [-0.2, -0.15) is 0 Å². The van der Waals surface area contributed by atoms with Gasteiger partial charge in [0.25, 0.3) is 0 Å². The van der Waals surface area contributed by atoms with Crippen molar-refractivity contribution < 1.29 is 0 Å². The van der Waals surface area contributed by atoms with E-state index in [0.717, 1.165) is 0 Å². The fourth-order valence-corrected chi connectivity index (χ4v) is 4.22. The minimum absolute atomic E-state index is 0.409. The van der Waals surface area contributed by atoms with Gasteiger partial charge in [0.2, 0.25) is 0 Å². The topological polar surface area (TPSA) is 24.4 Å². The van der Waals surface area contributed by atoms with E-state index in [2.05, 4.69) is 19.2 Å². The molecule has 1 heterocycles. The van der Waals surface area contributed by atoms with Crippen LogP contribution >= 0.6 is 11.8 Å². The Morgan fingerprint density at radius 2 is 2.06 bits per heavy atom. The molecule has 0 radical (unpaired) electrons. The number of aliphatic imine (C=N–C) groups is 1. The van der Waals surface area contributed by atoms with Gasteiger partial charge in [-0.1, -0.05) is 51.3 Å². The maximum atomic E-state index is 4.90. The Morgan fingerprint density at radius 1 is 1.29 bits per heavy atom. The van der Waals surface area contributed by atoms with E-state index in [4.69, 9.17) is 4.99 Å². The zero-order chi connectivity index (χ0) is 12.1. The van der Waals surface area contributed by atoms with Gasteiger partial charge < -0.3 is 5.32 Å². The number of amidine groups is 1. The lowest BCUT2D eigenvalue weighted by Crippen LogP contribution is -2.45. The molecule has 1 saturated heterocycles. The van der Waals surface area contributed by atoms with E-state index in [1.165, 1.54) is 62.3 Å². The summed E-state index contributed by atoms with van der Waals surface area (Å²) in [6.45, 7) is 4.50. The smallest absolute Gasteiger partial charge is 0.157 e. The molecule has 1 unspecified atom stereocenters. The van der Waals surface area contributed by atoms with Crippen LogP contribution in [0.3, 0.4) is 0 Å². The van der Waals surface area contributed by atoms with Crippen LogP contribution in [0.25, 0.3) is 0 Å². The standard InChI is InChI=1S/C14H26N2S/c1-3-8-12(4-2)15-13-16-14(11-17-13)9-6-5-7-10-14/h12H,3-11H2,1-2H3,(H,15,16). The lowest BCUT2D eigenvalue weighted by atomic mass is 9.83. The minimum atomic E-state index is 0.409. The van der Waals surface area contributed by atoms with E-state index in [-0.39, 0.29) is 0 Å². The van der Waals surface area contributed by atoms with Gasteiger partial charge in [-0.3, -0.25) is 4.99 Å². The van der Waals surface area contributed by atoms with Crippen LogP contribution in [0.4, 0.5) is 0 Å². The fourth-order valence-electron chi connectivity index (χ4n) is 2.93. The highest BCUT2D eigenvalue weighted by Crippen LogP contribution is 2.36. The molecule has 0 aromatic carbocycles. The Balaban J connectivity index is 1.93. The first-order chi connectivity index (χ1) is 8.28. The second-order valence-corrected chi connectivity index (χ2v) is 6.50. The number of hydrogen-bond acceptors (Lipinski definition) is 2. The molecule has 3 heteroatoms. The number of nitrogens with one attached hydrogen (secondary N) is 1. The van der Waals surface area contributed by atoms with Crippen LogP contribution in [-0.2, 0) is 0 Å². The largest absolute Gasteiger partial charge is 0.359 e. The van der Waals surface area contributed by atoms with Gasteiger partial charge in [-0.25, -0.2) is 0 Å². The van der Waals surface area contributed by atoms with E-state index in [0.29, 0.717) is 11.6 Å². The van der Waals surface area contributed by atoms with Crippen molar-refractivity contribution in [1.29, 1.82) is 0 Å². The lowest BCUT2D eigenvalue weighted by molar-refractivity contribution is 0.303. The summed E-state index contributed by atoms with van der Waals surface area (Å²) in [5.41, 5.74) is 0.409. The van der Waals surface area contributed by atoms with Gasteiger partial charge in [0.05, 0.1) is 6.04 Å². The summed E-state index contributed by atoms with van der Waals surface area (Å²) < 4.78 is 0. The van der Waals surface area contributed by atoms with Crippen molar-refractivity contribution >= 4 is 16.9 Å². The van der Waals surface area contributed by atoms with E-state index in [1.807, 2.05) is 11.8 Å². The quantitative estimate of drug-likeness (QED) is 0.821. The zero-order valence-electron chi connectivity index (χ0n) is 11.3. The summed E-state index contributed by atoms with van der Waals surface area (Å²) in [6, 6.07) is 0.536. The van der Waals surface area contributed by atoms with Crippen LogP contribution in [0, 0.1) is 0 Å². The number of hydrogen-bond donors (Lipinski definition) is 1. The minimum Gasteiger partial charge on any atom is -0.359 e. The first-order valence-corrected chi connectivity index (χ1v) is 8.25. The SMILES string of the molecule is CCCC(CC)N=C1NC2(CCCCC2)CS1. The third-order valence-electron chi connectivity index (χ3n) is 4.06. The maximum absolute atomic E-state index is 4.90. The first-order valence-electron chi connectivity index (χ1n) is 7.27. The molecule has 1 aliphatic heterocycles. The Bertz CT molecular complexity index is 269. The molecule has 2 rings (SSSR count). The van der Waals surface area contributed by atoms with E-state index in [9.17, 15) is 0 Å². The van der Waals surface area contributed by atoms with Crippen LogP contribution < -0.4 is 5.32 Å². The molecular weight excluding hydrogens is 228 g/mol. The van der Waals surface area contributed by atoms with E-state index >= 15 is 0 Å². The normalized spacial score (nSPS) is 27.3. The lowest BCUT2D eigenvalue weighted by Gasteiger charge is -2.32. The van der Waals surface area contributed by atoms with Gasteiger partial charge in [0, 0.05) is 11.3 Å². The molecule has 1 saturated carbocycles. The first kappa shape index (κ1) is 13.3. The molecule has 0 bridgehead atoms. The second kappa shape index (κ2) is 6.12. The van der Waals surface area contributed by atoms with E-state index in [1.54, 1.807) is 0 Å². The van der Waals surface area contributed by atoms with Crippen molar-refractivity contribution in [3.63, 3.8) is 0 Å². The third-order valence-corrected chi connectivity index (χ3v) is 5.24. The van der Waals surface area contributed by atoms with Crippen LogP contribution in [0.2, 0.25) is 0 Å². The van der Waals surface area contributed by atoms with E-state index < -0.39 is 0 Å². The molecule has 1 spiro atoms. The Morgan fingerprint density at radius 3 is 2.71 bits per heavy atom. The molecule has 2 aliphatic rings. The number of thioether (sulfide) groups is 1. The van der Waals surface area contributed by atoms with Gasteiger partial charge in [-0.05, 0) is 25.7 Å². The predicted molar refractivity (Wildman–Crippen MR) is 77.8 cm³/mol. The predicted octanol–water partition coefficient (Wildman–Crippen LogP) is 3.96. The fraction of sp³-hybridized carbons (Fsp3) is 0.929. The highest BCUT2D eigenvalue weighted by atomic mass is 32.2. The summed E-state index contributed by atoms with van der Waals surface area (Å²) in [5, 5.41) is 4.97. The Kier molecular flexibility index (Phi) is 4.78. The van der Waals surface area contributed by atoms with Crippen LogP contribution in [0.15, 0.2) is 4.99 Å². The van der Waals surface area contributed by atoms with Crippen molar-refractivity contribution in [1.82, 2.24) is 5.32 Å². The molecule has 0 aromatic rings. The Labute approximate surface area is 110 Å². The van der Waals surface area contributed by atoms with Gasteiger partial charge >= 0.3 is 0 Å². The molecule has 98 valence electrons. The summed E-state index contributed by atoms with van der Waals surface area (Å²) in [5.74, 6) is 1.24. The molecule has 2 nitrogen and oxygen atoms in total. The van der Waals surface area contributed by atoms with Gasteiger partial charge in [0.1, 0.15) is 0 Å². The monoisotopic (exact) mass is 254 g/mol. The molecule has 2 fully saturated rings. The average Bonchev–Trinajstić information content (AvgIpc) is 2.72. The molecule has 1 N–H and O–H groups in total. The summed E-state index contributed by atoms with van der Waals surface area (Å²) in [4.78, 5) is 4.90. The highest BCUT2D eigenvalue weighted by molar-refractivity contribution is 8.14. The highest BCUT2D eigenvalue weighted by Gasteiger charge is 2.38. The average molecular weight is 254 g/mol.